The first kappa shape index (κ1) is 17.9. The molecule has 0 aliphatic rings. The highest BCUT2D eigenvalue weighted by atomic mass is 35.5. The van der Waals surface area contributed by atoms with E-state index in [0.717, 1.165) is 6.20 Å². The van der Waals surface area contributed by atoms with E-state index < -0.39 is 37.5 Å². The minimum atomic E-state index is -4.71. The van der Waals surface area contributed by atoms with E-state index in [4.69, 9.17) is 11.6 Å². The highest BCUT2D eigenvalue weighted by Gasteiger charge is 2.35. The highest BCUT2D eigenvalue weighted by molar-refractivity contribution is 7.99. The van der Waals surface area contributed by atoms with Gasteiger partial charge in [-0.1, -0.05) is 29.8 Å². The number of benzene rings is 1. The maximum absolute atomic E-state index is 13.1. The van der Waals surface area contributed by atoms with Crippen molar-refractivity contribution in [1.29, 1.82) is 0 Å². The predicted molar refractivity (Wildman–Crippen MR) is 81.9 cm³/mol. The summed E-state index contributed by atoms with van der Waals surface area (Å²) in [7, 11) is -5.71. The monoisotopic (exact) mass is 382 g/mol. The van der Waals surface area contributed by atoms with Gasteiger partial charge in [0.2, 0.25) is 0 Å². The Morgan fingerprint density at radius 1 is 1.22 bits per heavy atom. The van der Waals surface area contributed by atoms with Crippen LogP contribution in [0.2, 0.25) is 5.02 Å². The van der Waals surface area contributed by atoms with Crippen molar-refractivity contribution in [2.75, 3.05) is 6.26 Å². The molecule has 23 heavy (non-hydrogen) atoms. The van der Waals surface area contributed by atoms with Crippen LogP contribution in [0.5, 0.6) is 0 Å². The van der Waals surface area contributed by atoms with Gasteiger partial charge in [0.1, 0.15) is 5.03 Å². The van der Waals surface area contributed by atoms with Crippen LogP contribution in [0.1, 0.15) is 5.56 Å². The third-order valence-electron chi connectivity index (χ3n) is 2.65. The molecule has 1 atom stereocenters. The average Bonchev–Trinajstić information content (AvgIpc) is 2.46. The largest absolute Gasteiger partial charge is 0.419 e. The molecule has 124 valence electrons. The standard InChI is InChI=1S/C13H10ClF3N2O2S2/c1-22(19-23(20,21)10-5-3-2-4-6-10)12-11(13(15,16)17)7-9(14)8-18-12/h2-8H,1H3. The van der Waals surface area contributed by atoms with Crippen molar-refractivity contribution in [3.8, 4) is 0 Å². The average molecular weight is 383 g/mol. The zero-order valence-corrected chi connectivity index (χ0v) is 14.0. The Morgan fingerprint density at radius 3 is 2.39 bits per heavy atom. The van der Waals surface area contributed by atoms with Crippen LogP contribution in [0.3, 0.4) is 0 Å². The first-order valence-electron chi connectivity index (χ1n) is 6.03. The molecule has 0 amide bonds. The van der Waals surface area contributed by atoms with Gasteiger partial charge >= 0.3 is 6.18 Å². The minimum absolute atomic E-state index is 0.0955. The van der Waals surface area contributed by atoms with E-state index in [9.17, 15) is 21.6 Å². The van der Waals surface area contributed by atoms with Gasteiger partial charge in [0.25, 0.3) is 10.0 Å². The molecule has 4 nitrogen and oxygen atoms in total. The number of pyridine rings is 1. The SMILES string of the molecule is C/S(=N\S(=O)(=O)c1ccccc1)c1ncc(Cl)cc1C(F)(F)F. The summed E-state index contributed by atoms with van der Waals surface area (Å²) in [5, 5.41) is -0.662. The normalized spacial score (nSPS) is 14.0. The Balaban J connectivity index is 2.55. The van der Waals surface area contributed by atoms with Crippen LogP contribution in [0.25, 0.3) is 0 Å². The first-order valence-corrected chi connectivity index (χ1v) is 9.44. The van der Waals surface area contributed by atoms with Gasteiger partial charge in [-0.3, -0.25) is 0 Å². The predicted octanol–water partition coefficient (Wildman–Crippen LogP) is 3.93. The summed E-state index contributed by atoms with van der Waals surface area (Å²) in [6.45, 7) is 0. The Morgan fingerprint density at radius 2 is 1.83 bits per heavy atom. The fourth-order valence-electron chi connectivity index (χ4n) is 1.68. The lowest BCUT2D eigenvalue weighted by Gasteiger charge is -2.12. The van der Waals surface area contributed by atoms with Crippen LogP contribution < -0.4 is 0 Å². The van der Waals surface area contributed by atoms with Gasteiger partial charge in [0, 0.05) is 6.20 Å². The number of sulfonamides is 1. The second-order valence-corrected chi connectivity index (χ2v) is 8.14. The molecule has 2 rings (SSSR count). The maximum Gasteiger partial charge on any atom is 0.419 e. The van der Waals surface area contributed by atoms with Crippen molar-refractivity contribution in [2.24, 2.45) is 3.77 Å². The molecular weight excluding hydrogens is 373 g/mol. The zero-order chi connectivity index (χ0) is 17.3. The minimum Gasteiger partial charge on any atom is -0.247 e. The van der Waals surface area contributed by atoms with E-state index in [1.807, 2.05) is 0 Å². The maximum atomic E-state index is 13.1. The van der Waals surface area contributed by atoms with Crippen LogP contribution in [-0.4, -0.2) is 19.7 Å². The van der Waals surface area contributed by atoms with E-state index in [1.54, 1.807) is 6.07 Å². The van der Waals surface area contributed by atoms with Crippen molar-refractivity contribution < 1.29 is 21.6 Å². The number of hydrogen-bond acceptors (Lipinski definition) is 3. The van der Waals surface area contributed by atoms with Gasteiger partial charge in [0.05, 0.1) is 15.5 Å². The molecule has 0 N–H and O–H groups in total. The Hall–Kier alpha value is -1.45. The molecule has 10 heteroatoms. The molecule has 1 unspecified atom stereocenters. The summed E-state index contributed by atoms with van der Waals surface area (Å²) in [5.74, 6) is 0. The summed E-state index contributed by atoms with van der Waals surface area (Å²) in [6.07, 6.45) is -2.42. The van der Waals surface area contributed by atoms with Crippen LogP contribution in [0, 0.1) is 0 Å². The third-order valence-corrected chi connectivity index (χ3v) is 6.29. The quantitative estimate of drug-likeness (QED) is 0.808. The summed E-state index contributed by atoms with van der Waals surface area (Å²) in [5.41, 5.74) is -1.09. The van der Waals surface area contributed by atoms with Gasteiger partial charge in [-0.25, -0.2) is 4.98 Å². The van der Waals surface area contributed by atoms with Gasteiger partial charge in [-0.05, 0) is 35.1 Å². The lowest BCUT2D eigenvalue weighted by molar-refractivity contribution is -0.140. The highest BCUT2D eigenvalue weighted by Crippen LogP contribution is 2.34. The van der Waals surface area contributed by atoms with Crippen molar-refractivity contribution >= 4 is 32.3 Å². The molecule has 1 heterocycles. The molecule has 0 saturated carbocycles. The number of aromatic nitrogens is 1. The Bertz CT molecular complexity index is 853. The fraction of sp³-hybridized carbons (Fsp3) is 0.154. The number of halogens is 4. The first-order chi connectivity index (χ1) is 10.6. The number of rotatable bonds is 3. The molecule has 0 spiro atoms. The summed E-state index contributed by atoms with van der Waals surface area (Å²) in [6, 6.07) is 7.95. The van der Waals surface area contributed by atoms with Gasteiger partial charge in [-0.2, -0.15) is 21.6 Å². The number of hydrogen-bond donors (Lipinski definition) is 0. The van der Waals surface area contributed by atoms with Crippen LogP contribution in [-0.2, 0) is 26.9 Å². The third kappa shape index (κ3) is 4.30. The summed E-state index contributed by atoms with van der Waals surface area (Å²) >= 11 is 5.55. The summed E-state index contributed by atoms with van der Waals surface area (Å²) < 4.78 is 67.0. The van der Waals surface area contributed by atoms with Gasteiger partial charge in [0.15, 0.2) is 0 Å². The smallest absolute Gasteiger partial charge is 0.247 e. The second-order valence-electron chi connectivity index (χ2n) is 4.34. The number of nitrogens with zero attached hydrogens (tertiary/aromatic N) is 2. The van der Waals surface area contributed by atoms with Crippen molar-refractivity contribution in [1.82, 2.24) is 4.98 Å². The van der Waals surface area contributed by atoms with E-state index >= 15 is 0 Å². The van der Waals surface area contributed by atoms with Crippen molar-refractivity contribution in [3.63, 3.8) is 0 Å². The van der Waals surface area contributed by atoms with Crippen LogP contribution in [0.4, 0.5) is 13.2 Å². The Kier molecular flexibility index (Phi) is 5.12. The van der Waals surface area contributed by atoms with E-state index in [1.165, 1.54) is 30.5 Å². The van der Waals surface area contributed by atoms with E-state index in [-0.39, 0.29) is 9.92 Å². The molecule has 0 saturated heterocycles. The molecule has 1 aromatic heterocycles. The van der Waals surface area contributed by atoms with Crippen molar-refractivity contribution in [2.45, 2.75) is 16.1 Å². The number of alkyl halides is 3. The van der Waals surface area contributed by atoms with Crippen LogP contribution >= 0.6 is 11.6 Å². The van der Waals surface area contributed by atoms with E-state index in [2.05, 4.69) is 8.75 Å². The molecule has 0 bridgehead atoms. The van der Waals surface area contributed by atoms with Crippen molar-refractivity contribution in [3.05, 3.63) is 53.2 Å². The topological polar surface area (TPSA) is 59.4 Å². The molecule has 0 aliphatic heterocycles. The fourth-order valence-corrected chi connectivity index (χ4v) is 4.84. The molecule has 0 fully saturated rings. The molecule has 2 aromatic rings. The zero-order valence-electron chi connectivity index (χ0n) is 11.6. The molecule has 0 aliphatic carbocycles. The molecule has 0 radical (unpaired) electrons. The second kappa shape index (κ2) is 6.58. The summed E-state index contributed by atoms with van der Waals surface area (Å²) in [4.78, 5) is 3.53. The van der Waals surface area contributed by atoms with Crippen LogP contribution in [0.15, 0.2) is 56.3 Å². The lowest BCUT2D eigenvalue weighted by atomic mass is 10.3. The molecular formula is C13H10ClF3N2O2S2. The van der Waals surface area contributed by atoms with E-state index in [0.29, 0.717) is 6.07 Å². The van der Waals surface area contributed by atoms with Gasteiger partial charge < -0.3 is 0 Å². The van der Waals surface area contributed by atoms with Gasteiger partial charge in [-0.15, -0.1) is 3.77 Å². The Labute approximate surface area is 138 Å². The lowest BCUT2D eigenvalue weighted by Crippen LogP contribution is -2.12. The molecule has 1 aromatic carbocycles.